The van der Waals surface area contributed by atoms with Crippen LogP contribution in [-0.2, 0) is 4.74 Å². The summed E-state index contributed by atoms with van der Waals surface area (Å²) in [6, 6.07) is 20.7. The van der Waals surface area contributed by atoms with Crippen LogP contribution in [0.25, 0.3) is 16.6 Å². The second-order valence-corrected chi connectivity index (χ2v) is 8.79. The van der Waals surface area contributed by atoms with E-state index in [4.69, 9.17) is 26.1 Å². The first kappa shape index (κ1) is 25.4. The average Bonchev–Trinajstić information content (AvgIpc) is 2.90. The number of rotatable bonds is 9. The van der Waals surface area contributed by atoms with Crippen molar-refractivity contribution in [3.63, 3.8) is 0 Å². The molecule has 0 bridgehead atoms. The molecule has 0 spiro atoms. The summed E-state index contributed by atoms with van der Waals surface area (Å²) in [6.07, 6.45) is 0.619. The normalized spacial score (nSPS) is 11.9. The maximum absolute atomic E-state index is 13.7. The zero-order chi connectivity index (χ0) is 25.7. The number of carbonyl (C=O) groups excluding carboxylic acids is 1. The number of para-hydroxylation sites is 1. The molecule has 8 heteroatoms. The van der Waals surface area contributed by atoms with Crippen molar-refractivity contribution in [1.82, 2.24) is 14.5 Å². The lowest BCUT2D eigenvalue weighted by Crippen LogP contribution is -2.38. The average molecular weight is 506 g/mol. The number of fused-ring (bicyclic) bond motifs is 1. The summed E-state index contributed by atoms with van der Waals surface area (Å²) in [4.78, 5) is 34.0. The van der Waals surface area contributed by atoms with Crippen molar-refractivity contribution in [1.29, 1.82) is 0 Å². The Bertz CT molecular complexity index is 1420. The molecule has 0 radical (unpaired) electrons. The van der Waals surface area contributed by atoms with Gasteiger partial charge in [-0.3, -0.25) is 14.2 Å². The second kappa shape index (κ2) is 11.4. The smallest absolute Gasteiger partial charge is 0.266 e. The third-order valence-electron chi connectivity index (χ3n) is 6.05. The molecule has 3 aromatic carbocycles. The zero-order valence-electron chi connectivity index (χ0n) is 20.5. The fraction of sp³-hybridized carbons (Fsp3) is 0.250. The Morgan fingerprint density at radius 3 is 2.50 bits per heavy atom. The van der Waals surface area contributed by atoms with Crippen LogP contribution in [0.2, 0.25) is 5.02 Å². The van der Waals surface area contributed by atoms with Crippen molar-refractivity contribution in [3.05, 3.63) is 99.6 Å². The van der Waals surface area contributed by atoms with E-state index in [1.165, 1.54) is 0 Å². The molecule has 0 aliphatic heterocycles. The van der Waals surface area contributed by atoms with E-state index in [-0.39, 0.29) is 11.5 Å². The number of hydrogen-bond acceptors (Lipinski definition) is 5. The van der Waals surface area contributed by atoms with Gasteiger partial charge < -0.3 is 14.4 Å². The number of amides is 1. The lowest BCUT2D eigenvalue weighted by Gasteiger charge is -2.31. The van der Waals surface area contributed by atoms with Gasteiger partial charge in [0.05, 0.1) is 29.7 Å². The number of nitrogens with zero attached hydrogens (tertiary/aromatic N) is 3. The van der Waals surface area contributed by atoms with E-state index in [1.807, 2.05) is 19.1 Å². The number of carbonyl (C=O) groups is 1. The van der Waals surface area contributed by atoms with Gasteiger partial charge in [-0.25, -0.2) is 4.98 Å². The molecule has 0 aliphatic carbocycles. The van der Waals surface area contributed by atoms with Gasteiger partial charge in [0.2, 0.25) is 0 Å². The minimum atomic E-state index is -0.534. The van der Waals surface area contributed by atoms with E-state index in [0.717, 1.165) is 0 Å². The lowest BCUT2D eigenvalue weighted by atomic mass is 10.1. The highest BCUT2D eigenvalue weighted by atomic mass is 35.5. The van der Waals surface area contributed by atoms with Crippen molar-refractivity contribution in [3.8, 4) is 11.4 Å². The van der Waals surface area contributed by atoms with Gasteiger partial charge in [0, 0.05) is 30.8 Å². The Labute approximate surface area is 214 Å². The molecule has 4 rings (SSSR count). The van der Waals surface area contributed by atoms with Crippen molar-refractivity contribution in [2.75, 3.05) is 27.4 Å². The van der Waals surface area contributed by atoms with Crippen LogP contribution in [-0.4, -0.2) is 47.7 Å². The SMILES string of the molecule is COCCCN(C(=O)c1cccc(Cl)c1)C(C)c1nc2ccccc2c(=O)n1-c1ccc(OC)cc1. The van der Waals surface area contributed by atoms with Crippen LogP contribution in [0.3, 0.4) is 0 Å². The van der Waals surface area contributed by atoms with Crippen LogP contribution in [0.5, 0.6) is 5.75 Å². The van der Waals surface area contributed by atoms with Gasteiger partial charge in [-0.05, 0) is 67.9 Å². The quantitative estimate of drug-likeness (QED) is 0.289. The standard InChI is InChI=1S/C28H28ClN3O4/c1-19(31(16-7-17-35-2)27(33)20-8-6-9-21(29)18-20)26-30-25-11-5-4-10-24(25)28(34)32(26)22-12-14-23(36-3)15-13-22/h4-6,8-15,18-19H,7,16-17H2,1-3H3. The molecule has 36 heavy (non-hydrogen) atoms. The molecule has 186 valence electrons. The first-order chi connectivity index (χ1) is 17.4. The molecule has 0 N–H and O–H groups in total. The number of methoxy groups -OCH3 is 2. The molecule has 1 amide bonds. The van der Waals surface area contributed by atoms with Crippen LogP contribution < -0.4 is 10.3 Å². The van der Waals surface area contributed by atoms with E-state index in [9.17, 15) is 9.59 Å². The third kappa shape index (κ3) is 5.27. The molecule has 0 saturated carbocycles. The van der Waals surface area contributed by atoms with Crippen molar-refractivity contribution in [2.45, 2.75) is 19.4 Å². The maximum Gasteiger partial charge on any atom is 0.266 e. The minimum absolute atomic E-state index is 0.204. The number of halogens is 1. The third-order valence-corrected chi connectivity index (χ3v) is 6.29. The molecular formula is C28H28ClN3O4. The summed E-state index contributed by atoms with van der Waals surface area (Å²) in [5, 5.41) is 0.973. The van der Waals surface area contributed by atoms with Crippen LogP contribution in [0.15, 0.2) is 77.6 Å². The molecule has 0 saturated heterocycles. The summed E-state index contributed by atoms with van der Waals surface area (Å²) < 4.78 is 12.1. The van der Waals surface area contributed by atoms with E-state index in [1.54, 1.807) is 84.4 Å². The van der Waals surface area contributed by atoms with E-state index in [2.05, 4.69) is 0 Å². The highest BCUT2D eigenvalue weighted by Crippen LogP contribution is 2.26. The van der Waals surface area contributed by atoms with E-state index in [0.29, 0.717) is 58.3 Å². The van der Waals surface area contributed by atoms with Gasteiger partial charge in [0.25, 0.3) is 11.5 Å². The highest BCUT2D eigenvalue weighted by molar-refractivity contribution is 6.30. The molecule has 1 aromatic heterocycles. The summed E-state index contributed by atoms with van der Waals surface area (Å²) >= 11 is 6.17. The lowest BCUT2D eigenvalue weighted by molar-refractivity contribution is 0.0657. The minimum Gasteiger partial charge on any atom is -0.497 e. The van der Waals surface area contributed by atoms with Gasteiger partial charge in [-0.15, -0.1) is 0 Å². The Kier molecular flexibility index (Phi) is 8.03. The Morgan fingerprint density at radius 1 is 1.06 bits per heavy atom. The topological polar surface area (TPSA) is 73.7 Å². The summed E-state index contributed by atoms with van der Waals surface area (Å²) in [5.41, 5.74) is 1.46. The Balaban J connectivity index is 1.87. The van der Waals surface area contributed by atoms with E-state index >= 15 is 0 Å². The Morgan fingerprint density at radius 2 is 1.81 bits per heavy atom. The Hall–Kier alpha value is -3.68. The predicted molar refractivity (Wildman–Crippen MR) is 141 cm³/mol. The van der Waals surface area contributed by atoms with Gasteiger partial charge in [-0.1, -0.05) is 29.8 Å². The summed E-state index contributed by atoms with van der Waals surface area (Å²) in [7, 11) is 3.21. The predicted octanol–water partition coefficient (Wildman–Crippen LogP) is 5.29. The van der Waals surface area contributed by atoms with Crippen LogP contribution in [0.1, 0.15) is 35.6 Å². The largest absolute Gasteiger partial charge is 0.497 e. The monoisotopic (exact) mass is 505 g/mol. The molecule has 1 unspecified atom stereocenters. The molecular weight excluding hydrogens is 478 g/mol. The molecule has 0 aliphatic rings. The van der Waals surface area contributed by atoms with Crippen LogP contribution >= 0.6 is 11.6 Å². The first-order valence-corrected chi connectivity index (χ1v) is 12.0. The fourth-order valence-electron chi connectivity index (χ4n) is 4.19. The van der Waals surface area contributed by atoms with Crippen molar-refractivity contribution in [2.24, 2.45) is 0 Å². The van der Waals surface area contributed by atoms with Gasteiger partial charge in [-0.2, -0.15) is 0 Å². The van der Waals surface area contributed by atoms with Gasteiger partial charge in [0.1, 0.15) is 11.6 Å². The number of hydrogen-bond donors (Lipinski definition) is 0. The fourth-order valence-corrected chi connectivity index (χ4v) is 4.38. The summed E-state index contributed by atoms with van der Waals surface area (Å²) in [6.45, 7) is 2.78. The second-order valence-electron chi connectivity index (χ2n) is 8.36. The van der Waals surface area contributed by atoms with Crippen molar-refractivity contribution >= 4 is 28.4 Å². The summed E-state index contributed by atoms with van der Waals surface area (Å²) in [5.74, 6) is 0.925. The van der Waals surface area contributed by atoms with Crippen molar-refractivity contribution < 1.29 is 14.3 Å². The number of ether oxygens (including phenoxy) is 2. The van der Waals surface area contributed by atoms with Crippen LogP contribution in [0, 0.1) is 0 Å². The van der Waals surface area contributed by atoms with Crippen LogP contribution in [0.4, 0.5) is 0 Å². The maximum atomic E-state index is 13.7. The first-order valence-electron chi connectivity index (χ1n) is 11.7. The molecule has 1 heterocycles. The number of benzene rings is 3. The van der Waals surface area contributed by atoms with Gasteiger partial charge in [0.15, 0.2) is 0 Å². The molecule has 7 nitrogen and oxygen atoms in total. The molecule has 1 atom stereocenters. The zero-order valence-corrected chi connectivity index (χ0v) is 21.2. The number of aromatic nitrogens is 2. The molecule has 0 fully saturated rings. The highest BCUT2D eigenvalue weighted by Gasteiger charge is 2.27. The van der Waals surface area contributed by atoms with E-state index < -0.39 is 6.04 Å². The van der Waals surface area contributed by atoms with Gasteiger partial charge >= 0.3 is 0 Å². The molecule has 4 aromatic rings.